The van der Waals surface area contributed by atoms with Crippen molar-refractivity contribution in [3.63, 3.8) is 0 Å². The Labute approximate surface area is 174 Å². The second-order valence-electron chi connectivity index (χ2n) is 7.94. The minimum atomic E-state index is -0.0152. The summed E-state index contributed by atoms with van der Waals surface area (Å²) < 4.78 is 2.21. The van der Waals surface area contributed by atoms with Crippen LogP contribution in [0.25, 0.3) is 11.2 Å². The van der Waals surface area contributed by atoms with Crippen LogP contribution >= 0.6 is 22.9 Å². The highest BCUT2D eigenvalue weighted by Crippen LogP contribution is 2.32. The van der Waals surface area contributed by atoms with Gasteiger partial charge in [0.2, 0.25) is 0 Å². The Balaban J connectivity index is 1.65. The van der Waals surface area contributed by atoms with Gasteiger partial charge in [0.15, 0.2) is 5.65 Å². The van der Waals surface area contributed by atoms with Crippen molar-refractivity contribution in [3.8, 4) is 0 Å². The maximum Gasteiger partial charge on any atom is 0.265 e. The summed E-state index contributed by atoms with van der Waals surface area (Å²) in [5, 5.41) is 2.39. The molecule has 1 saturated carbocycles. The molecule has 0 bridgehead atoms. The molecule has 148 valence electrons. The number of thiophene rings is 1. The summed E-state index contributed by atoms with van der Waals surface area (Å²) in [4.78, 5) is 25.1. The number of halogens is 1. The van der Waals surface area contributed by atoms with Crippen LogP contribution in [0.5, 0.6) is 0 Å². The van der Waals surface area contributed by atoms with Crippen LogP contribution in [0.15, 0.2) is 29.8 Å². The first-order chi connectivity index (χ1) is 13.5. The van der Waals surface area contributed by atoms with Crippen molar-refractivity contribution in [2.24, 2.45) is 11.8 Å². The molecule has 3 aromatic heterocycles. The quantitative estimate of drug-likeness (QED) is 0.504. The van der Waals surface area contributed by atoms with Crippen LogP contribution in [0.1, 0.15) is 48.6 Å². The Morgan fingerprint density at radius 1 is 1.39 bits per heavy atom. The molecule has 0 atom stereocenters. The van der Waals surface area contributed by atoms with E-state index >= 15 is 0 Å². The zero-order chi connectivity index (χ0) is 19.7. The summed E-state index contributed by atoms with van der Waals surface area (Å²) in [6, 6.07) is 5.69. The maximum absolute atomic E-state index is 13.2. The van der Waals surface area contributed by atoms with Gasteiger partial charge in [-0.1, -0.05) is 25.4 Å². The van der Waals surface area contributed by atoms with Gasteiger partial charge in [0.25, 0.3) is 5.91 Å². The summed E-state index contributed by atoms with van der Waals surface area (Å²) in [5.41, 5.74) is 1.80. The first-order valence-electron chi connectivity index (χ1n) is 9.85. The second kappa shape index (κ2) is 8.21. The second-order valence-corrected chi connectivity index (χ2v) is 9.26. The van der Waals surface area contributed by atoms with E-state index in [0.717, 1.165) is 30.0 Å². The molecule has 0 N–H and O–H groups in total. The first kappa shape index (κ1) is 19.4. The van der Waals surface area contributed by atoms with Crippen LogP contribution in [-0.4, -0.2) is 31.9 Å². The molecule has 0 radical (unpaired) electrons. The number of hydrogen-bond donors (Lipinski definition) is 0. The Hall–Kier alpha value is -1.92. The van der Waals surface area contributed by atoms with Gasteiger partial charge in [0.05, 0.1) is 11.6 Å². The van der Waals surface area contributed by atoms with E-state index in [0.29, 0.717) is 34.8 Å². The van der Waals surface area contributed by atoms with Gasteiger partial charge >= 0.3 is 0 Å². The van der Waals surface area contributed by atoms with Gasteiger partial charge in [-0.2, -0.15) is 0 Å². The lowest BCUT2D eigenvalue weighted by atomic mass is 10.1. The van der Waals surface area contributed by atoms with E-state index in [4.69, 9.17) is 16.6 Å². The largest absolute Gasteiger partial charge is 0.330 e. The molecule has 0 aliphatic heterocycles. The van der Waals surface area contributed by atoms with Crippen molar-refractivity contribution < 1.29 is 4.79 Å². The van der Waals surface area contributed by atoms with E-state index < -0.39 is 0 Å². The number of aromatic nitrogens is 3. The molecule has 0 saturated heterocycles. The number of imidazole rings is 1. The molecule has 0 spiro atoms. The number of amides is 1. The van der Waals surface area contributed by atoms with Crippen LogP contribution in [-0.2, 0) is 13.1 Å². The molecule has 0 aromatic carbocycles. The van der Waals surface area contributed by atoms with Gasteiger partial charge in [-0.25, -0.2) is 9.97 Å². The van der Waals surface area contributed by atoms with E-state index in [1.165, 1.54) is 24.2 Å². The molecule has 7 heteroatoms. The molecule has 5 nitrogen and oxygen atoms in total. The summed E-state index contributed by atoms with van der Waals surface area (Å²) in [6.45, 7) is 6.43. The van der Waals surface area contributed by atoms with E-state index in [2.05, 4.69) is 23.4 Å². The molecular weight excluding hydrogens is 392 g/mol. The number of fused-ring (bicyclic) bond motifs is 1. The van der Waals surface area contributed by atoms with Gasteiger partial charge in [-0.05, 0) is 54.7 Å². The number of nitrogens with zero attached hydrogens (tertiary/aromatic N) is 4. The van der Waals surface area contributed by atoms with Crippen LogP contribution in [0, 0.1) is 11.8 Å². The third-order valence-corrected chi connectivity index (χ3v) is 6.46. The van der Waals surface area contributed by atoms with E-state index in [1.54, 1.807) is 6.07 Å². The molecule has 1 aliphatic carbocycles. The number of carbonyl (C=O) groups excluding carboxylic acids is 1. The zero-order valence-electron chi connectivity index (χ0n) is 16.3. The monoisotopic (exact) mass is 416 g/mol. The van der Waals surface area contributed by atoms with Crippen LogP contribution in [0.4, 0.5) is 0 Å². The van der Waals surface area contributed by atoms with Crippen molar-refractivity contribution in [3.05, 3.63) is 45.5 Å². The summed E-state index contributed by atoms with van der Waals surface area (Å²) >= 11 is 7.65. The molecular formula is C21H25ClN4OS. The van der Waals surface area contributed by atoms with E-state index in [9.17, 15) is 4.79 Å². The zero-order valence-corrected chi connectivity index (χ0v) is 17.8. The predicted octanol–water partition coefficient (Wildman–Crippen LogP) is 5.24. The molecule has 1 fully saturated rings. The third-order valence-electron chi connectivity index (χ3n) is 5.13. The molecule has 0 unspecified atom stereocenters. The Bertz CT molecular complexity index is 976. The van der Waals surface area contributed by atoms with Gasteiger partial charge in [0.1, 0.15) is 16.2 Å². The van der Waals surface area contributed by atoms with Crippen LogP contribution in [0.3, 0.4) is 0 Å². The molecule has 28 heavy (non-hydrogen) atoms. The Morgan fingerprint density at radius 2 is 2.21 bits per heavy atom. The highest BCUT2D eigenvalue weighted by atomic mass is 35.5. The lowest BCUT2D eigenvalue weighted by molar-refractivity contribution is 0.0734. The van der Waals surface area contributed by atoms with Gasteiger partial charge < -0.3 is 9.47 Å². The molecule has 3 aromatic rings. The van der Waals surface area contributed by atoms with Gasteiger partial charge in [-0.15, -0.1) is 11.3 Å². The normalized spacial score (nSPS) is 14.1. The molecule has 1 aliphatic rings. The van der Waals surface area contributed by atoms with Crippen molar-refractivity contribution >= 4 is 40.0 Å². The average molecular weight is 417 g/mol. The van der Waals surface area contributed by atoms with Gasteiger partial charge in [0, 0.05) is 19.3 Å². The highest BCUT2D eigenvalue weighted by Gasteiger charge is 2.27. The van der Waals surface area contributed by atoms with Crippen molar-refractivity contribution in [2.45, 2.75) is 46.2 Å². The molecule has 4 rings (SSSR count). The fourth-order valence-corrected chi connectivity index (χ4v) is 4.41. The minimum absolute atomic E-state index is 0.0152. The van der Waals surface area contributed by atoms with Crippen molar-refractivity contribution in [1.82, 2.24) is 19.4 Å². The fraction of sp³-hybridized carbons (Fsp3) is 0.476. The number of rotatable bonds is 8. The standard InChI is InChI=1S/C21H25ClN4OS/c1-14(2)7-10-25(21(27)19-16(22)8-11-28-19)13-18-24-17-4-3-9-23-20(17)26(18)12-15-5-6-15/h3-4,8-9,11,14-15H,5-7,10,12-13H2,1-2H3. The maximum atomic E-state index is 13.2. The van der Waals surface area contributed by atoms with Crippen molar-refractivity contribution in [1.29, 1.82) is 0 Å². The number of carbonyl (C=O) groups is 1. The minimum Gasteiger partial charge on any atom is -0.330 e. The Morgan fingerprint density at radius 3 is 2.89 bits per heavy atom. The van der Waals surface area contributed by atoms with E-state index in [1.807, 2.05) is 28.6 Å². The van der Waals surface area contributed by atoms with Crippen molar-refractivity contribution in [2.75, 3.05) is 6.54 Å². The number of hydrogen-bond acceptors (Lipinski definition) is 4. The molecule has 1 amide bonds. The lowest BCUT2D eigenvalue weighted by Gasteiger charge is -2.23. The summed E-state index contributed by atoms with van der Waals surface area (Å²) in [7, 11) is 0. The smallest absolute Gasteiger partial charge is 0.265 e. The molecule has 3 heterocycles. The predicted molar refractivity (Wildman–Crippen MR) is 114 cm³/mol. The van der Waals surface area contributed by atoms with Crippen LogP contribution < -0.4 is 0 Å². The number of pyridine rings is 1. The third kappa shape index (κ3) is 4.23. The highest BCUT2D eigenvalue weighted by molar-refractivity contribution is 7.12. The first-order valence-corrected chi connectivity index (χ1v) is 11.1. The summed E-state index contributed by atoms with van der Waals surface area (Å²) in [5.74, 6) is 2.11. The Kier molecular flexibility index (Phi) is 5.69. The lowest BCUT2D eigenvalue weighted by Crippen LogP contribution is -2.33. The topological polar surface area (TPSA) is 51.0 Å². The van der Waals surface area contributed by atoms with Gasteiger partial charge in [-0.3, -0.25) is 4.79 Å². The van der Waals surface area contributed by atoms with Crippen LogP contribution in [0.2, 0.25) is 5.02 Å². The SMILES string of the molecule is CC(C)CCN(Cc1nc2cccnc2n1CC1CC1)C(=O)c1sccc1Cl. The summed E-state index contributed by atoms with van der Waals surface area (Å²) in [6.07, 6.45) is 5.26. The average Bonchev–Trinajstić information content (AvgIpc) is 3.29. The fourth-order valence-electron chi connectivity index (χ4n) is 3.30. The van der Waals surface area contributed by atoms with E-state index in [-0.39, 0.29) is 5.91 Å².